The third-order valence-electron chi connectivity index (χ3n) is 4.00. The molecule has 1 fully saturated rings. The van der Waals surface area contributed by atoms with Crippen LogP contribution in [0.1, 0.15) is 24.8 Å². The maximum absolute atomic E-state index is 5.96. The van der Waals surface area contributed by atoms with Crippen molar-refractivity contribution in [3.63, 3.8) is 0 Å². The quantitative estimate of drug-likeness (QED) is 0.834. The largest absolute Gasteiger partial charge is 0.494 e. The number of methoxy groups -OCH3 is 1. The average molecular weight is 265 g/mol. The summed E-state index contributed by atoms with van der Waals surface area (Å²) in [5, 5.41) is 4.01. The number of nitrogens with zero attached hydrogens (tertiary/aromatic N) is 1. The predicted octanol–water partition coefficient (Wildman–Crippen LogP) is 2.90. The van der Waals surface area contributed by atoms with E-state index in [1.54, 1.807) is 7.11 Å². The standard InChI is InChI=1S/C14H17ClN2O/c1-18-13-7-11(8-17-14(13)15)10-3-2-9-4-5-16-12(9)6-10/h3,7-9,12,16H,2,4-6H2,1H3/t9-,12-/m1/s1. The second-order valence-electron chi connectivity index (χ2n) is 5.00. The van der Waals surface area contributed by atoms with Crippen LogP contribution in [0.4, 0.5) is 0 Å². The van der Waals surface area contributed by atoms with Crippen LogP contribution >= 0.6 is 11.6 Å². The summed E-state index contributed by atoms with van der Waals surface area (Å²) in [4.78, 5) is 4.19. The minimum Gasteiger partial charge on any atom is -0.494 e. The highest BCUT2D eigenvalue weighted by molar-refractivity contribution is 6.30. The summed E-state index contributed by atoms with van der Waals surface area (Å²) in [6.07, 6.45) is 7.73. The molecule has 0 saturated carbocycles. The van der Waals surface area contributed by atoms with Crippen molar-refractivity contribution in [1.29, 1.82) is 0 Å². The van der Waals surface area contributed by atoms with Crippen LogP contribution < -0.4 is 10.1 Å². The van der Waals surface area contributed by atoms with Gasteiger partial charge < -0.3 is 10.1 Å². The number of nitrogens with one attached hydrogen (secondary N) is 1. The second-order valence-corrected chi connectivity index (χ2v) is 5.35. The zero-order valence-electron chi connectivity index (χ0n) is 10.4. The Morgan fingerprint density at radius 2 is 2.39 bits per heavy atom. The van der Waals surface area contributed by atoms with E-state index in [0.717, 1.165) is 30.9 Å². The van der Waals surface area contributed by atoms with E-state index in [1.165, 1.54) is 12.0 Å². The van der Waals surface area contributed by atoms with Crippen molar-refractivity contribution < 1.29 is 4.74 Å². The first kappa shape index (κ1) is 12.0. The van der Waals surface area contributed by atoms with Crippen LogP contribution in [0, 0.1) is 5.92 Å². The molecule has 18 heavy (non-hydrogen) atoms. The van der Waals surface area contributed by atoms with Gasteiger partial charge in [0.2, 0.25) is 0 Å². The van der Waals surface area contributed by atoms with Crippen LogP contribution in [0.25, 0.3) is 5.57 Å². The fourth-order valence-electron chi connectivity index (χ4n) is 2.94. The molecule has 1 aromatic rings. The zero-order valence-corrected chi connectivity index (χ0v) is 11.2. The van der Waals surface area contributed by atoms with Crippen molar-refractivity contribution in [2.75, 3.05) is 13.7 Å². The molecular formula is C14H17ClN2O. The molecule has 3 rings (SSSR count). The van der Waals surface area contributed by atoms with Gasteiger partial charge in [-0.15, -0.1) is 0 Å². The molecule has 1 aromatic heterocycles. The molecule has 96 valence electrons. The van der Waals surface area contributed by atoms with Crippen molar-refractivity contribution >= 4 is 17.2 Å². The number of allylic oxidation sites excluding steroid dienone is 1. The molecule has 2 aliphatic rings. The SMILES string of the molecule is COc1cc(C2=CC[C@@H]3CCN[C@@H]3C2)cnc1Cl. The van der Waals surface area contributed by atoms with Crippen LogP contribution in [0.5, 0.6) is 5.75 Å². The topological polar surface area (TPSA) is 34.1 Å². The first-order valence-corrected chi connectivity index (χ1v) is 6.78. The van der Waals surface area contributed by atoms with E-state index < -0.39 is 0 Å². The van der Waals surface area contributed by atoms with Gasteiger partial charge in [0.15, 0.2) is 10.9 Å². The number of aromatic nitrogens is 1. The lowest BCUT2D eigenvalue weighted by Gasteiger charge is -2.25. The molecular weight excluding hydrogens is 248 g/mol. The highest BCUT2D eigenvalue weighted by Crippen LogP contribution is 2.36. The van der Waals surface area contributed by atoms with Gasteiger partial charge in [-0.3, -0.25) is 0 Å². The summed E-state index contributed by atoms with van der Waals surface area (Å²) in [7, 11) is 1.62. The molecule has 0 aromatic carbocycles. The summed E-state index contributed by atoms with van der Waals surface area (Å²) in [5.74, 6) is 1.47. The highest BCUT2D eigenvalue weighted by Gasteiger charge is 2.30. The first-order valence-electron chi connectivity index (χ1n) is 6.40. The Bertz CT molecular complexity index is 487. The minimum absolute atomic E-state index is 0.425. The molecule has 3 nitrogen and oxygen atoms in total. The van der Waals surface area contributed by atoms with Crippen molar-refractivity contribution in [1.82, 2.24) is 10.3 Å². The van der Waals surface area contributed by atoms with Gasteiger partial charge in [0, 0.05) is 12.2 Å². The average Bonchev–Trinajstić information content (AvgIpc) is 2.86. The van der Waals surface area contributed by atoms with Crippen LogP contribution in [-0.2, 0) is 0 Å². The Morgan fingerprint density at radius 3 is 3.22 bits per heavy atom. The Morgan fingerprint density at radius 1 is 1.50 bits per heavy atom. The molecule has 1 aliphatic heterocycles. The van der Waals surface area contributed by atoms with Gasteiger partial charge >= 0.3 is 0 Å². The number of pyridine rings is 1. The molecule has 2 heterocycles. The van der Waals surface area contributed by atoms with E-state index >= 15 is 0 Å². The predicted molar refractivity (Wildman–Crippen MR) is 72.9 cm³/mol. The third kappa shape index (κ3) is 2.13. The summed E-state index contributed by atoms with van der Waals surface area (Å²) in [5.41, 5.74) is 2.48. The van der Waals surface area contributed by atoms with Gasteiger partial charge in [-0.2, -0.15) is 0 Å². The van der Waals surface area contributed by atoms with Crippen molar-refractivity contribution in [3.8, 4) is 5.75 Å². The summed E-state index contributed by atoms with van der Waals surface area (Å²) < 4.78 is 5.23. The number of ether oxygens (including phenoxy) is 1. The summed E-state index contributed by atoms with van der Waals surface area (Å²) in [6.45, 7) is 1.15. The first-order chi connectivity index (χ1) is 8.78. The van der Waals surface area contributed by atoms with Gasteiger partial charge in [0.25, 0.3) is 0 Å². The van der Waals surface area contributed by atoms with Gasteiger partial charge in [0.1, 0.15) is 0 Å². The van der Waals surface area contributed by atoms with Crippen LogP contribution in [-0.4, -0.2) is 24.7 Å². The summed E-state index contributed by atoms with van der Waals surface area (Å²) in [6, 6.07) is 2.61. The summed E-state index contributed by atoms with van der Waals surface area (Å²) >= 11 is 5.96. The molecule has 1 aliphatic carbocycles. The Balaban J connectivity index is 1.86. The van der Waals surface area contributed by atoms with Crippen LogP contribution in [0.15, 0.2) is 18.3 Å². The molecule has 0 spiro atoms. The van der Waals surface area contributed by atoms with E-state index in [4.69, 9.17) is 16.3 Å². The molecule has 0 amide bonds. The molecule has 0 unspecified atom stereocenters. The highest BCUT2D eigenvalue weighted by atomic mass is 35.5. The number of rotatable bonds is 2. The third-order valence-corrected chi connectivity index (χ3v) is 4.28. The van der Waals surface area contributed by atoms with Crippen LogP contribution in [0.3, 0.4) is 0 Å². The van der Waals surface area contributed by atoms with E-state index in [0.29, 0.717) is 16.9 Å². The smallest absolute Gasteiger partial charge is 0.171 e. The normalized spacial score (nSPS) is 26.7. The number of hydrogen-bond donors (Lipinski definition) is 1. The Labute approximate surface area is 112 Å². The molecule has 1 N–H and O–H groups in total. The second kappa shape index (κ2) is 4.90. The fourth-order valence-corrected chi connectivity index (χ4v) is 3.12. The van der Waals surface area contributed by atoms with Crippen molar-refractivity contribution in [2.45, 2.75) is 25.3 Å². The number of halogens is 1. The number of fused-ring (bicyclic) bond motifs is 1. The zero-order chi connectivity index (χ0) is 12.5. The lowest BCUT2D eigenvalue weighted by Crippen LogP contribution is -2.29. The Kier molecular flexibility index (Phi) is 3.27. The van der Waals surface area contributed by atoms with E-state index in [1.807, 2.05) is 12.3 Å². The van der Waals surface area contributed by atoms with Gasteiger partial charge in [0.05, 0.1) is 7.11 Å². The number of hydrogen-bond acceptors (Lipinski definition) is 3. The fraction of sp³-hybridized carbons (Fsp3) is 0.500. The minimum atomic E-state index is 0.425. The van der Waals surface area contributed by atoms with Gasteiger partial charge in [-0.25, -0.2) is 4.98 Å². The lowest BCUT2D eigenvalue weighted by molar-refractivity contribution is 0.412. The van der Waals surface area contributed by atoms with Gasteiger partial charge in [-0.1, -0.05) is 17.7 Å². The van der Waals surface area contributed by atoms with E-state index in [2.05, 4.69) is 16.4 Å². The molecule has 0 bridgehead atoms. The lowest BCUT2D eigenvalue weighted by atomic mass is 9.84. The maximum Gasteiger partial charge on any atom is 0.171 e. The van der Waals surface area contributed by atoms with Crippen molar-refractivity contribution in [3.05, 3.63) is 29.1 Å². The molecule has 1 saturated heterocycles. The van der Waals surface area contributed by atoms with Crippen molar-refractivity contribution in [2.24, 2.45) is 5.92 Å². The van der Waals surface area contributed by atoms with E-state index in [-0.39, 0.29) is 0 Å². The van der Waals surface area contributed by atoms with Gasteiger partial charge in [-0.05, 0) is 48.9 Å². The van der Waals surface area contributed by atoms with Crippen LogP contribution in [0.2, 0.25) is 5.15 Å². The molecule has 2 atom stereocenters. The monoisotopic (exact) mass is 264 g/mol. The molecule has 4 heteroatoms. The Hall–Kier alpha value is -1.06. The molecule has 0 radical (unpaired) electrons. The maximum atomic E-state index is 5.96. The van der Waals surface area contributed by atoms with E-state index in [9.17, 15) is 0 Å².